The Morgan fingerprint density at radius 3 is 2.11 bits per heavy atom. The molecule has 0 heterocycles. The van der Waals surface area contributed by atoms with Gasteiger partial charge in [-0.3, -0.25) is 13.9 Å². The van der Waals surface area contributed by atoms with Crippen molar-refractivity contribution in [2.45, 2.75) is 62.0 Å². The van der Waals surface area contributed by atoms with E-state index in [4.69, 9.17) is 23.2 Å². The van der Waals surface area contributed by atoms with E-state index in [0.717, 1.165) is 42.0 Å². The van der Waals surface area contributed by atoms with Crippen LogP contribution in [0.15, 0.2) is 108 Å². The largest absolute Gasteiger partial charge is 0.352 e. The smallest absolute Gasteiger partial charge is 0.264 e. The third kappa shape index (κ3) is 8.71. The molecule has 1 aliphatic carbocycles. The number of hydrogen-bond donors (Lipinski definition) is 1. The van der Waals surface area contributed by atoms with Gasteiger partial charge in [-0.25, -0.2) is 12.8 Å². The molecule has 0 saturated heterocycles. The van der Waals surface area contributed by atoms with Gasteiger partial charge >= 0.3 is 0 Å². The molecule has 5 rings (SSSR count). The molecular formula is C36H36Cl2FN3O4S. The van der Waals surface area contributed by atoms with Crippen molar-refractivity contribution >= 4 is 50.7 Å². The highest BCUT2D eigenvalue weighted by molar-refractivity contribution is 7.92. The van der Waals surface area contributed by atoms with Crippen molar-refractivity contribution in [2.24, 2.45) is 0 Å². The molecule has 11 heteroatoms. The Balaban J connectivity index is 1.58. The van der Waals surface area contributed by atoms with Crippen molar-refractivity contribution in [1.82, 2.24) is 10.2 Å². The number of sulfonamides is 1. The van der Waals surface area contributed by atoms with Gasteiger partial charge in [-0.1, -0.05) is 109 Å². The highest BCUT2D eigenvalue weighted by atomic mass is 35.5. The van der Waals surface area contributed by atoms with Crippen molar-refractivity contribution < 1.29 is 22.4 Å². The van der Waals surface area contributed by atoms with E-state index in [1.165, 1.54) is 41.3 Å². The maximum Gasteiger partial charge on any atom is 0.264 e. The minimum Gasteiger partial charge on any atom is -0.352 e. The maximum absolute atomic E-state index is 14.6. The quantitative estimate of drug-likeness (QED) is 0.167. The topological polar surface area (TPSA) is 86.8 Å². The number of rotatable bonds is 12. The van der Waals surface area contributed by atoms with Crippen LogP contribution in [0.2, 0.25) is 10.0 Å². The first kappa shape index (κ1) is 34.4. The van der Waals surface area contributed by atoms with E-state index in [1.54, 1.807) is 36.4 Å². The molecule has 0 unspecified atom stereocenters. The summed E-state index contributed by atoms with van der Waals surface area (Å²) in [6, 6.07) is 26.2. The van der Waals surface area contributed by atoms with Gasteiger partial charge in [-0.05, 0) is 60.4 Å². The Morgan fingerprint density at radius 1 is 0.809 bits per heavy atom. The number of carbonyl (C=O) groups excluding carboxylic acids is 2. The number of halogens is 3. The molecule has 47 heavy (non-hydrogen) atoms. The summed E-state index contributed by atoms with van der Waals surface area (Å²) >= 11 is 12.9. The Bertz CT molecular complexity index is 1770. The molecule has 0 aliphatic heterocycles. The molecule has 4 aromatic carbocycles. The number of benzene rings is 4. The highest BCUT2D eigenvalue weighted by Crippen LogP contribution is 2.35. The molecule has 0 spiro atoms. The van der Waals surface area contributed by atoms with Crippen LogP contribution in [-0.4, -0.2) is 43.8 Å². The van der Waals surface area contributed by atoms with Crippen LogP contribution in [0.5, 0.6) is 0 Å². The minimum atomic E-state index is -4.34. The average Bonchev–Trinajstić information content (AvgIpc) is 3.08. The summed E-state index contributed by atoms with van der Waals surface area (Å²) in [5.74, 6) is -1.43. The zero-order chi connectivity index (χ0) is 33.4. The van der Waals surface area contributed by atoms with Crippen LogP contribution in [0.4, 0.5) is 10.1 Å². The lowest BCUT2D eigenvalue weighted by Crippen LogP contribution is -2.55. The molecule has 246 valence electrons. The number of carbonyl (C=O) groups is 2. The van der Waals surface area contributed by atoms with Gasteiger partial charge in [-0.15, -0.1) is 0 Å². The molecule has 1 fully saturated rings. The van der Waals surface area contributed by atoms with Gasteiger partial charge in [0, 0.05) is 19.0 Å². The molecular weight excluding hydrogens is 660 g/mol. The number of nitrogens with one attached hydrogen (secondary N) is 1. The summed E-state index contributed by atoms with van der Waals surface area (Å²) in [7, 11) is -4.34. The summed E-state index contributed by atoms with van der Waals surface area (Å²) < 4.78 is 43.1. The standard InChI is InChI=1S/C36H36Cl2FN3O4S/c37-31-17-10-18-32(35(31)38)42(47(45,46)30-15-8-3-9-16-30)25-34(43)41(24-27-19-21-28(39)22-20-27)33(23-26-11-4-1-5-12-26)36(44)40-29-13-6-2-7-14-29/h1,3-5,8-12,15-22,29,33H,2,6-7,13-14,23-25H2,(H,40,44)/t33-/m1/s1. The summed E-state index contributed by atoms with van der Waals surface area (Å²) in [5.41, 5.74) is 1.41. The minimum absolute atomic E-state index is 0.0179. The fraction of sp³-hybridized carbons (Fsp3) is 0.278. The second-order valence-corrected chi connectivity index (χ2v) is 14.2. The lowest BCUT2D eigenvalue weighted by atomic mass is 9.94. The summed E-state index contributed by atoms with van der Waals surface area (Å²) in [4.78, 5) is 30.1. The lowest BCUT2D eigenvalue weighted by Gasteiger charge is -2.35. The maximum atomic E-state index is 14.6. The Morgan fingerprint density at radius 2 is 1.45 bits per heavy atom. The molecule has 1 N–H and O–H groups in total. The number of amides is 2. The van der Waals surface area contributed by atoms with Gasteiger partial charge in [-0.2, -0.15) is 0 Å². The zero-order valence-corrected chi connectivity index (χ0v) is 28.0. The van der Waals surface area contributed by atoms with Crippen LogP contribution in [-0.2, 0) is 32.6 Å². The van der Waals surface area contributed by atoms with Crippen LogP contribution >= 0.6 is 23.2 Å². The summed E-state index contributed by atoms with van der Waals surface area (Å²) in [5, 5.41) is 3.24. The number of hydrogen-bond acceptors (Lipinski definition) is 4. The first-order valence-corrected chi connectivity index (χ1v) is 17.7. The SMILES string of the molecule is O=C(NC1CCCCC1)[C@@H](Cc1ccccc1)N(Cc1ccc(F)cc1)C(=O)CN(c1cccc(Cl)c1Cl)S(=O)(=O)c1ccccc1. The van der Waals surface area contributed by atoms with Crippen LogP contribution in [0.3, 0.4) is 0 Å². The van der Waals surface area contributed by atoms with Gasteiger partial charge in [0.05, 0.1) is 20.6 Å². The fourth-order valence-corrected chi connectivity index (χ4v) is 7.70. The molecule has 0 bridgehead atoms. The Hall–Kier alpha value is -3.92. The van der Waals surface area contributed by atoms with E-state index >= 15 is 0 Å². The van der Waals surface area contributed by atoms with Crippen LogP contribution in [0.25, 0.3) is 0 Å². The lowest BCUT2D eigenvalue weighted by molar-refractivity contribution is -0.140. The zero-order valence-electron chi connectivity index (χ0n) is 25.7. The van der Waals surface area contributed by atoms with E-state index in [-0.39, 0.29) is 45.5 Å². The van der Waals surface area contributed by atoms with Crippen molar-refractivity contribution in [1.29, 1.82) is 0 Å². The summed E-state index contributed by atoms with van der Waals surface area (Å²) in [6.07, 6.45) is 4.96. The predicted molar refractivity (Wildman–Crippen MR) is 183 cm³/mol. The second-order valence-electron chi connectivity index (χ2n) is 11.6. The normalized spacial score (nSPS) is 14.3. The average molecular weight is 697 g/mol. The van der Waals surface area contributed by atoms with Crippen molar-refractivity contribution in [3.8, 4) is 0 Å². The third-order valence-corrected chi connectivity index (χ3v) is 10.9. The Labute approximate surface area is 285 Å². The molecule has 1 saturated carbocycles. The Kier molecular flexibility index (Phi) is 11.6. The van der Waals surface area contributed by atoms with Crippen molar-refractivity contribution in [2.75, 3.05) is 10.8 Å². The molecule has 7 nitrogen and oxygen atoms in total. The molecule has 1 aliphatic rings. The predicted octanol–water partition coefficient (Wildman–Crippen LogP) is 7.42. The van der Waals surface area contributed by atoms with E-state index < -0.39 is 34.3 Å². The van der Waals surface area contributed by atoms with Gasteiger partial charge in [0.2, 0.25) is 11.8 Å². The second kappa shape index (κ2) is 15.8. The fourth-order valence-electron chi connectivity index (χ4n) is 5.80. The van der Waals surface area contributed by atoms with E-state index in [9.17, 15) is 22.4 Å². The third-order valence-electron chi connectivity index (χ3n) is 8.30. The molecule has 1 atom stereocenters. The first-order valence-electron chi connectivity index (χ1n) is 15.5. The molecule has 0 radical (unpaired) electrons. The number of nitrogens with zero attached hydrogens (tertiary/aromatic N) is 2. The van der Waals surface area contributed by atoms with Crippen LogP contribution in [0, 0.1) is 5.82 Å². The van der Waals surface area contributed by atoms with Gasteiger partial charge in [0.1, 0.15) is 18.4 Å². The molecule has 2 amide bonds. The summed E-state index contributed by atoms with van der Waals surface area (Å²) in [6.45, 7) is -0.752. The number of anilines is 1. The molecule has 0 aromatic heterocycles. The monoisotopic (exact) mass is 695 g/mol. The van der Waals surface area contributed by atoms with E-state index in [0.29, 0.717) is 5.56 Å². The van der Waals surface area contributed by atoms with Crippen LogP contribution < -0.4 is 9.62 Å². The van der Waals surface area contributed by atoms with Gasteiger partial charge in [0.25, 0.3) is 10.0 Å². The highest BCUT2D eigenvalue weighted by Gasteiger charge is 2.36. The van der Waals surface area contributed by atoms with Gasteiger partial charge in [0.15, 0.2) is 0 Å². The first-order chi connectivity index (χ1) is 22.6. The van der Waals surface area contributed by atoms with E-state index in [1.807, 2.05) is 30.3 Å². The molecule has 4 aromatic rings. The van der Waals surface area contributed by atoms with E-state index in [2.05, 4.69) is 5.32 Å². The van der Waals surface area contributed by atoms with Crippen molar-refractivity contribution in [3.63, 3.8) is 0 Å². The van der Waals surface area contributed by atoms with Crippen LogP contribution in [0.1, 0.15) is 43.2 Å². The van der Waals surface area contributed by atoms with Crippen molar-refractivity contribution in [3.05, 3.63) is 130 Å². The van der Waals surface area contributed by atoms with Gasteiger partial charge < -0.3 is 10.2 Å².